The monoisotopic (exact) mass is 468 g/mol. The zero-order valence-electron chi connectivity index (χ0n) is 18.8. The van der Waals surface area contributed by atoms with E-state index in [4.69, 9.17) is 4.74 Å². The number of pyridine rings is 1. The van der Waals surface area contributed by atoms with Crippen molar-refractivity contribution in [2.75, 3.05) is 12.4 Å². The third kappa shape index (κ3) is 6.77. The summed E-state index contributed by atoms with van der Waals surface area (Å²) in [6, 6.07) is 17.6. The van der Waals surface area contributed by atoms with E-state index in [-0.39, 0.29) is 24.2 Å². The molecule has 3 rings (SSSR count). The van der Waals surface area contributed by atoms with E-state index in [0.29, 0.717) is 28.4 Å². The SMILES string of the molecule is COc1ccccc1Nc1ncccc1C(=O)NCc1ccccc1CS(=O)(=O)NC(C)C. The molecule has 0 unspecified atom stereocenters. The Morgan fingerprint density at radius 3 is 2.42 bits per heavy atom. The van der Waals surface area contributed by atoms with Gasteiger partial charge in [0.2, 0.25) is 10.0 Å². The average molecular weight is 469 g/mol. The molecular formula is C24H28N4O4S. The Morgan fingerprint density at radius 1 is 1.00 bits per heavy atom. The molecule has 0 saturated heterocycles. The second kappa shape index (κ2) is 10.9. The Morgan fingerprint density at radius 2 is 1.70 bits per heavy atom. The minimum absolute atomic E-state index is 0.162. The molecule has 0 atom stereocenters. The van der Waals surface area contributed by atoms with Crippen LogP contribution in [0.3, 0.4) is 0 Å². The van der Waals surface area contributed by atoms with Gasteiger partial charge in [-0.1, -0.05) is 36.4 Å². The van der Waals surface area contributed by atoms with Crippen LogP contribution in [0.5, 0.6) is 5.75 Å². The third-order valence-electron chi connectivity index (χ3n) is 4.73. The number of hydrogen-bond donors (Lipinski definition) is 3. The van der Waals surface area contributed by atoms with Crippen LogP contribution in [0.25, 0.3) is 0 Å². The summed E-state index contributed by atoms with van der Waals surface area (Å²) in [6.45, 7) is 3.72. The van der Waals surface area contributed by atoms with Gasteiger partial charge in [-0.05, 0) is 49.2 Å². The van der Waals surface area contributed by atoms with Gasteiger partial charge in [0.05, 0.1) is 24.1 Å². The number of nitrogens with zero attached hydrogens (tertiary/aromatic N) is 1. The van der Waals surface area contributed by atoms with Gasteiger partial charge in [0.15, 0.2) is 0 Å². The van der Waals surface area contributed by atoms with Gasteiger partial charge in [-0.2, -0.15) is 0 Å². The molecule has 1 amide bonds. The molecule has 3 N–H and O–H groups in total. The second-order valence-corrected chi connectivity index (χ2v) is 9.46. The van der Waals surface area contributed by atoms with Crippen LogP contribution in [-0.2, 0) is 22.3 Å². The van der Waals surface area contributed by atoms with Crippen molar-refractivity contribution in [3.63, 3.8) is 0 Å². The summed E-state index contributed by atoms with van der Waals surface area (Å²) in [6.07, 6.45) is 1.59. The first-order valence-corrected chi connectivity index (χ1v) is 12.1. The predicted octanol–water partition coefficient (Wildman–Crippen LogP) is 3.59. The highest BCUT2D eigenvalue weighted by Gasteiger charge is 2.17. The molecule has 2 aromatic carbocycles. The minimum atomic E-state index is -3.49. The molecule has 1 aromatic heterocycles. The van der Waals surface area contributed by atoms with E-state index >= 15 is 0 Å². The first kappa shape index (κ1) is 24.2. The highest BCUT2D eigenvalue weighted by atomic mass is 32.2. The molecule has 0 spiro atoms. The highest BCUT2D eigenvalue weighted by Crippen LogP contribution is 2.27. The van der Waals surface area contributed by atoms with E-state index in [1.54, 1.807) is 57.5 Å². The number of sulfonamides is 1. The standard InChI is InChI=1S/C24H28N4O4S/c1-17(2)28-33(30,31)16-19-10-5-4-9-18(19)15-26-24(29)20-11-8-14-25-23(20)27-21-12-6-7-13-22(21)32-3/h4-14,17,28H,15-16H2,1-3H3,(H,25,27)(H,26,29). The lowest BCUT2D eigenvalue weighted by Crippen LogP contribution is -2.32. The van der Waals surface area contributed by atoms with Crippen LogP contribution in [0.2, 0.25) is 0 Å². The first-order valence-electron chi connectivity index (χ1n) is 10.5. The van der Waals surface area contributed by atoms with Crippen molar-refractivity contribution in [1.82, 2.24) is 15.0 Å². The van der Waals surface area contributed by atoms with Gasteiger partial charge in [-0.15, -0.1) is 0 Å². The zero-order chi connectivity index (χ0) is 23.8. The Balaban J connectivity index is 1.75. The highest BCUT2D eigenvalue weighted by molar-refractivity contribution is 7.88. The van der Waals surface area contributed by atoms with E-state index in [0.717, 1.165) is 5.56 Å². The lowest BCUT2D eigenvalue weighted by atomic mass is 10.1. The predicted molar refractivity (Wildman–Crippen MR) is 129 cm³/mol. The Kier molecular flexibility index (Phi) is 8.02. The number of aromatic nitrogens is 1. The zero-order valence-corrected chi connectivity index (χ0v) is 19.6. The molecule has 3 aromatic rings. The van der Waals surface area contributed by atoms with Gasteiger partial charge < -0.3 is 15.4 Å². The maximum Gasteiger partial charge on any atom is 0.255 e. The van der Waals surface area contributed by atoms with E-state index < -0.39 is 10.0 Å². The number of amides is 1. The fourth-order valence-corrected chi connectivity index (χ4v) is 4.80. The molecule has 8 nitrogen and oxygen atoms in total. The normalized spacial score (nSPS) is 11.3. The largest absolute Gasteiger partial charge is 0.495 e. The van der Waals surface area contributed by atoms with Gasteiger partial charge in [0, 0.05) is 18.8 Å². The summed E-state index contributed by atoms with van der Waals surface area (Å²) < 4.78 is 32.7. The van der Waals surface area contributed by atoms with Crippen molar-refractivity contribution in [2.24, 2.45) is 0 Å². The Hall–Kier alpha value is -3.43. The minimum Gasteiger partial charge on any atom is -0.495 e. The van der Waals surface area contributed by atoms with Gasteiger partial charge in [0.1, 0.15) is 11.6 Å². The fraction of sp³-hybridized carbons (Fsp3) is 0.250. The lowest BCUT2D eigenvalue weighted by molar-refractivity contribution is 0.0951. The van der Waals surface area contributed by atoms with Crippen LogP contribution < -0.4 is 20.1 Å². The molecule has 1 heterocycles. The molecule has 0 saturated carbocycles. The van der Waals surface area contributed by atoms with Crippen LogP contribution in [0, 0.1) is 0 Å². The van der Waals surface area contributed by atoms with Crippen molar-refractivity contribution < 1.29 is 17.9 Å². The van der Waals surface area contributed by atoms with Crippen molar-refractivity contribution in [1.29, 1.82) is 0 Å². The van der Waals surface area contributed by atoms with Crippen LogP contribution in [0.15, 0.2) is 66.9 Å². The van der Waals surface area contributed by atoms with Crippen molar-refractivity contribution in [3.8, 4) is 5.75 Å². The van der Waals surface area contributed by atoms with Gasteiger partial charge >= 0.3 is 0 Å². The number of nitrogens with one attached hydrogen (secondary N) is 3. The molecule has 0 radical (unpaired) electrons. The number of carbonyl (C=O) groups excluding carboxylic acids is 1. The van der Waals surface area contributed by atoms with E-state index in [9.17, 15) is 13.2 Å². The van der Waals surface area contributed by atoms with Gasteiger partial charge in [-0.3, -0.25) is 4.79 Å². The van der Waals surface area contributed by atoms with Gasteiger partial charge in [0.25, 0.3) is 5.91 Å². The number of methoxy groups -OCH3 is 1. The number of carbonyl (C=O) groups is 1. The molecule has 0 aliphatic heterocycles. The molecule has 9 heteroatoms. The summed E-state index contributed by atoms with van der Waals surface area (Å²) in [5.74, 6) is 0.514. The maximum atomic E-state index is 13.0. The summed E-state index contributed by atoms with van der Waals surface area (Å²) in [7, 11) is -1.92. The van der Waals surface area contributed by atoms with Crippen LogP contribution in [0.1, 0.15) is 35.3 Å². The topological polar surface area (TPSA) is 109 Å². The molecule has 0 aliphatic carbocycles. The second-order valence-electron chi connectivity index (χ2n) is 7.71. The smallest absolute Gasteiger partial charge is 0.255 e. The number of ether oxygens (including phenoxy) is 1. The quantitative estimate of drug-likeness (QED) is 0.420. The molecule has 174 valence electrons. The number of rotatable bonds is 10. The van der Waals surface area contributed by atoms with E-state index in [1.165, 1.54) is 0 Å². The van der Waals surface area contributed by atoms with Crippen LogP contribution >= 0.6 is 0 Å². The Labute approximate surface area is 194 Å². The van der Waals surface area contributed by atoms with Crippen molar-refractivity contribution in [2.45, 2.75) is 32.2 Å². The summed E-state index contributed by atoms with van der Waals surface area (Å²) >= 11 is 0. The van der Waals surface area contributed by atoms with E-state index in [2.05, 4.69) is 20.3 Å². The molecular weight excluding hydrogens is 440 g/mol. The molecule has 0 fully saturated rings. The first-order chi connectivity index (χ1) is 15.8. The Bertz CT molecular complexity index is 1210. The maximum absolute atomic E-state index is 13.0. The third-order valence-corrected chi connectivity index (χ3v) is 6.25. The van der Waals surface area contributed by atoms with Crippen LogP contribution in [0.4, 0.5) is 11.5 Å². The van der Waals surface area contributed by atoms with Crippen LogP contribution in [-0.4, -0.2) is 32.5 Å². The van der Waals surface area contributed by atoms with Crippen molar-refractivity contribution >= 4 is 27.4 Å². The molecule has 33 heavy (non-hydrogen) atoms. The van der Waals surface area contributed by atoms with E-state index in [1.807, 2.05) is 30.3 Å². The average Bonchev–Trinajstić information content (AvgIpc) is 2.78. The molecule has 0 aliphatic rings. The number of anilines is 2. The number of para-hydroxylation sites is 2. The number of benzene rings is 2. The molecule has 0 bridgehead atoms. The summed E-state index contributed by atoms with van der Waals surface area (Å²) in [4.78, 5) is 17.3. The lowest BCUT2D eigenvalue weighted by Gasteiger charge is -2.15. The van der Waals surface area contributed by atoms with Crippen molar-refractivity contribution in [3.05, 3.63) is 83.6 Å². The summed E-state index contributed by atoms with van der Waals surface area (Å²) in [5, 5.41) is 6.02. The number of hydrogen-bond acceptors (Lipinski definition) is 6. The van der Waals surface area contributed by atoms with Gasteiger partial charge in [-0.25, -0.2) is 18.1 Å². The summed E-state index contributed by atoms with van der Waals surface area (Å²) in [5.41, 5.74) is 2.39. The fourth-order valence-electron chi connectivity index (χ4n) is 3.31.